The zero-order valence-corrected chi connectivity index (χ0v) is 12.9. The molecule has 1 heterocycles. The quantitative estimate of drug-likeness (QED) is 0.703. The van der Waals surface area contributed by atoms with E-state index in [4.69, 9.17) is 0 Å². The standard InChI is InChI=1S/C16H26N4O/c1-3-20(4-2)11-10-17-16(21)15-12-14(18-19-15)13-8-6-5-7-9-13/h5-9,14-15,18-19H,3-4,10-12H2,1-2H3,(H,17,21). The molecule has 1 aromatic rings. The van der Waals surface area contributed by atoms with Gasteiger partial charge in [-0.15, -0.1) is 0 Å². The SMILES string of the molecule is CCN(CC)CCNC(=O)C1CC(c2ccccc2)NN1. The third-order valence-electron chi connectivity index (χ3n) is 4.04. The monoisotopic (exact) mass is 290 g/mol. The molecule has 0 aromatic heterocycles. The van der Waals surface area contributed by atoms with Crippen molar-refractivity contribution in [3.8, 4) is 0 Å². The Morgan fingerprint density at radius 3 is 2.62 bits per heavy atom. The zero-order chi connectivity index (χ0) is 15.1. The molecule has 0 spiro atoms. The minimum atomic E-state index is -0.160. The van der Waals surface area contributed by atoms with E-state index in [2.05, 4.69) is 47.0 Å². The van der Waals surface area contributed by atoms with Crippen molar-refractivity contribution in [1.29, 1.82) is 0 Å². The predicted octanol–water partition coefficient (Wildman–Crippen LogP) is 1.05. The van der Waals surface area contributed by atoms with Crippen molar-refractivity contribution in [2.75, 3.05) is 26.2 Å². The van der Waals surface area contributed by atoms with E-state index in [1.165, 1.54) is 5.56 Å². The third-order valence-corrected chi connectivity index (χ3v) is 4.04. The lowest BCUT2D eigenvalue weighted by Crippen LogP contribution is -2.45. The van der Waals surface area contributed by atoms with E-state index in [9.17, 15) is 4.79 Å². The highest BCUT2D eigenvalue weighted by Crippen LogP contribution is 2.21. The summed E-state index contributed by atoms with van der Waals surface area (Å²) in [5, 5.41) is 3.01. The molecule has 21 heavy (non-hydrogen) atoms. The summed E-state index contributed by atoms with van der Waals surface area (Å²) < 4.78 is 0. The van der Waals surface area contributed by atoms with Crippen molar-refractivity contribution >= 4 is 5.91 Å². The van der Waals surface area contributed by atoms with Gasteiger partial charge in [0, 0.05) is 19.1 Å². The zero-order valence-electron chi connectivity index (χ0n) is 12.9. The lowest BCUT2D eigenvalue weighted by Gasteiger charge is -2.18. The molecule has 0 saturated carbocycles. The highest BCUT2D eigenvalue weighted by molar-refractivity contribution is 5.82. The summed E-state index contributed by atoms with van der Waals surface area (Å²) in [7, 11) is 0. The first-order chi connectivity index (χ1) is 10.2. The lowest BCUT2D eigenvalue weighted by molar-refractivity contribution is -0.122. The molecule has 0 aliphatic carbocycles. The lowest BCUT2D eigenvalue weighted by atomic mass is 10.0. The number of carbonyl (C=O) groups is 1. The Morgan fingerprint density at radius 2 is 1.95 bits per heavy atom. The van der Waals surface area contributed by atoms with Crippen LogP contribution in [0.3, 0.4) is 0 Å². The molecular formula is C16H26N4O. The first-order valence-electron chi connectivity index (χ1n) is 7.80. The fraction of sp³-hybridized carbons (Fsp3) is 0.562. The van der Waals surface area contributed by atoms with Crippen LogP contribution in [0.4, 0.5) is 0 Å². The summed E-state index contributed by atoms with van der Waals surface area (Å²) in [6, 6.07) is 10.3. The molecule has 1 saturated heterocycles. The number of hydrogen-bond donors (Lipinski definition) is 3. The molecular weight excluding hydrogens is 264 g/mol. The molecule has 1 aliphatic rings. The number of benzene rings is 1. The average Bonchev–Trinajstić information content (AvgIpc) is 3.02. The van der Waals surface area contributed by atoms with Gasteiger partial charge < -0.3 is 10.2 Å². The van der Waals surface area contributed by atoms with Crippen LogP contribution in [0.1, 0.15) is 31.9 Å². The van der Waals surface area contributed by atoms with Gasteiger partial charge in [-0.3, -0.25) is 4.79 Å². The van der Waals surface area contributed by atoms with Gasteiger partial charge in [0.05, 0.1) is 0 Å². The third kappa shape index (κ3) is 4.52. The molecule has 1 amide bonds. The van der Waals surface area contributed by atoms with Gasteiger partial charge in [0.1, 0.15) is 6.04 Å². The van der Waals surface area contributed by atoms with Gasteiger partial charge in [-0.05, 0) is 25.1 Å². The van der Waals surface area contributed by atoms with Crippen LogP contribution in [-0.4, -0.2) is 43.0 Å². The van der Waals surface area contributed by atoms with E-state index in [1.54, 1.807) is 0 Å². The van der Waals surface area contributed by atoms with Crippen LogP contribution in [0.15, 0.2) is 30.3 Å². The number of amides is 1. The molecule has 1 aliphatic heterocycles. The summed E-state index contributed by atoms with van der Waals surface area (Å²) in [5.41, 5.74) is 7.51. The van der Waals surface area contributed by atoms with Gasteiger partial charge in [0.2, 0.25) is 5.91 Å². The molecule has 3 N–H and O–H groups in total. The molecule has 5 heteroatoms. The maximum atomic E-state index is 12.1. The van der Waals surface area contributed by atoms with Crippen LogP contribution < -0.4 is 16.2 Å². The maximum Gasteiger partial charge on any atom is 0.238 e. The molecule has 2 rings (SSSR count). The Kier molecular flexibility index (Phi) is 6.17. The van der Waals surface area contributed by atoms with E-state index >= 15 is 0 Å². The van der Waals surface area contributed by atoms with Crippen molar-refractivity contribution in [2.45, 2.75) is 32.4 Å². The van der Waals surface area contributed by atoms with Crippen molar-refractivity contribution in [3.63, 3.8) is 0 Å². The molecule has 2 atom stereocenters. The van der Waals surface area contributed by atoms with E-state index in [-0.39, 0.29) is 18.0 Å². The fourth-order valence-electron chi connectivity index (χ4n) is 2.63. The molecule has 1 fully saturated rings. The van der Waals surface area contributed by atoms with E-state index in [1.807, 2.05) is 18.2 Å². The number of carbonyl (C=O) groups excluding carboxylic acids is 1. The molecule has 0 bridgehead atoms. The molecule has 1 aromatic carbocycles. The molecule has 116 valence electrons. The summed E-state index contributed by atoms with van der Waals surface area (Å²) in [6.07, 6.45) is 0.779. The van der Waals surface area contributed by atoms with Crippen molar-refractivity contribution < 1.29 is 4.79 Å². The number of hydrazine groups is 1. The summed E-state index contributed by atoms with van der Waals surface area (Å²) in [5.74, 6) is 0.0769. The van der Waals surface area contributed by atoms with Crippen LogP contribution in [0.5, 0.6) is 0 Å². The van der Waals surface area contributed by atoms with Crippen molar-refractivity contribution in [2.24, 2.45) is 0 Å². The predicted molar refractivity (Wildman–Crippen MR) is 84.7 cm³/mol. The second-order valence-corrected chi connectivity index (χ2v) is 5.36. The average molecular weight is 290 g/mol. The first-order valence-corrected chi connectivity index (χ1v) is 7.80. The van der Waals surface area contributed by atoms with Gasteiger partial charge in [-0.1, -0.05) is 44.2 Å². The second kappa shape index (κ2) is 8.12. The topological polar surface area (TPSA) is 56.4 Å². The first kappa shape index (κ1) is 15.9. The maximum absolute atomic E-state index is 12.1. The van der Waals surface area contributed by atoms with E-state index < -0.39 is 0 Å². The Labute approximate surface area is 127 Å². The van der Waals surface area contributed by atoms with E-state index in [0.717, 1.165) is 26.1 Å². The van der Waals surface area contributed by atoms with Gasteiger partial charge in [-0.25, -0.2) is 10.9 Å². The Hall–Kier alpha value is -1.43. The van der Waals surface area contributed by atoms with Gasteiger partial charge >= 0.3 is 0 Å². The minimum absolute atomic E-state index is 0.0769. The Bertz CT molecular complexity index is 433. The molecule has 5 nitrogen and oxygen atoms in total. The van der Waals surface area contributed by atoms with Gasteiger partial charge in [0.25, 0.3) is 0 Å². The van der Waals surface area contributed by atoms with E-state index in [0.29, 0.717) is 6.54 Å². The molecule has 2 unspecified atom stereocenters. The number of hydrogen-bond acceptors (Lipinski definition) is 4. The highest BCUT2D eigenvalue weighted by Gasteiger charge is 2.29. The number of nitrogens with one attached hydrogen (secondary N) is 3. The number of rotatable bonds is 7. The van der Waals surface area contributed by atoms with Crippen molar-refractivity contribution in [1.82, 2.24) is 21.1 Å². The van der Waals surface area contributed by atoms with Crippen LogP contribution in [0, 0.1) is 0 Å². The van der Waals surface area contributed by atoms with Crippen LogP contribution >= 0.6 is 0 Å². The van der Waals surface area contributed by atoms with Crippen LogP contribution in [0.2, 0.25) is 0 Å². The summed E-state index contributed by atoms with van der Waals surface area (Å²) in [4.78, 5) is 14.4. The normalized spacial score (nSPS) is 21.7. The van der Waals surface area contributed by atoms with Crippen LogP contribution in [-0.2, 0) is 4.79 Å². The number of nitrogens with zero attached hydrogens (tertiary/aromatic N) is 1. The molecule has 0 radical (unpaired) electrons. The Balaban J connectivity index is 1.75. The summed E-state index contributed by atoms with van der Waals surface area (Å²) >= 11 is 0. The Morgan fingerprint density at radius 1 is 1.24 bits per heavy atom. The fourth-order valence-corrected chi connectivity index (χ4v) is 2.63. The smallest absolute Gasteiger partial charge is 0.238 e. The van der Waals surface area contributed by atoms with Gasteiger partial charge in [-0.2, -0.15) is 0 Å². The van der Waals surface area contributed by atoms with Crippen LogP contribution in [0.25, 0.3) is 0 Å². The summed E-state index contributed by atoms with van der Waals surface area (Å²) in [6.45, 7) is 7.92. The largest absolute Gasteiger partial charge is 0.353 e. The minimum Gasteiger partial charge on any atom is -0.353 e. The number of likely N-dealkylation sites (N-methyl/N-ethyl adjacent to an activating group) is 1. The van der Waals surface area contributed by atoms with Gasteiger partial charge in [0.15, 0.2) is 0 Å². The van der Waals surface area contributed by atoms with Crippen molar-refractivity contribution in [3.05, 3.63) is 35.9 Å². The highest BCUT2D eigenvalue weighted by atomic mass is 16.2. The second-order valence-electron chi connectivity index (χ2n) is 5.36.